The summed E-state index contributed by atoms with van der Waals surface area (Å²) in [6.45, 7) is 2.00. The van der Waals surface area contributed by atoms with Crippen LogP contribution < -0.4 is 5.32 Å². The van der Waals surface area contributed by atoms with Gasteiger partial charge in [-0.3, -0.25) is 4.55 Å². The fourth-order valence-electron chi connectivity index (χ4n) is 1.29. The van der Waals surface area contributed by atoms with Gasteiger partial charge in [0.1, 0.15) is 5.75 Å². The zero-order valence-electron chi connectivity index (χ0n) is 9.92. The van der Waals surface area contributed by atoms with Crippen LogP contribution in [-0.2, 0) is 10.1 Å². The first kappa shape index (κ1) is 16.9. The van der Waals surface area contributed by atoms with Crippen LogP contribution in [-0.4, -0.2) is 66.0 Å². The molecule has 0 aliphatic heterocycles. The minimum absolute atomic E-state index is 0. The van der Waals surface area contributed by atoms with Crippen LogP contribution >= 0.6 is 0 Å². The smallest absolute Gasteiger partial charge is 0.267 e. The third kappa shape index (κ3) is 7.75. The summed E-state index contributed by atoms with van der Waals surface area (Å²) in [6, 6.07) is 7.47. The second-order valence-corrected chi connectivity index (χ2v) is 5.15. The number of hydrogen-bond donors (Lipinski definition) is 3. The second kappa shape index (κ2) is 7.35. The summed E-state index contributed by atoms with van der Waals surface area (Å²) in [5.41, 5.74) is 1.86. The van der Waals surface area contributed by atoms with Crippen LogP contribution in [0, 0.1) is 6.92 Å². The minimum atomic E-state index is -4.13. The monoisotopic (exact) mass is 268 g/mol. The van der Waals surface area contributed by atoms with Crippen LogP contribution in [0.25, 0.3) is 0 Å². The van der Waals surface area contributed by atoms with Crippen molar-refractivity contribution in [2.24, 2.45) is 0 Å². The van der Waals surface area contributed by atoms with Crippen LogP contribution in [0.3, 0.4) is 0 Å². The van der Waals surface area contributed by atoms with Crippen LogP contribution in [0.4, 0.5) is 5.69 Å². The van der Waals surface area contributed by atoms with Gasteiger partial charge in [0.2, 0.25) is 0 Å². The summed E-state index contributed by atoms with van der Waals surface area (Å²) in [5, 5.41) is 12.2. The molecule has 1 radical (unpaired) electrons. The third-order valence-corrected chi connectivity index (χ3v) is 2.77. The molecular weight excluding hydrogens is 253 g/mol. The van der Waals surface area contributed by atoms with E-state index in [0.29, 0.717) is 0 Å². The van der Waals surface area contributed by atoms with Crippen LogP contribution in [0.1, 0.15) is 5.56 Å². The largest absolute Gasteiger partial charge is 0.390 e. The Morgan fingerprint density at radius 1 is 1.41 bits per heavy atom. The first-order valence-electron chi connectivity index (χ1n) is 4.80. The van der Waals surface area contributed by atoms with E-state index in [-0.39, 0.29) is 36.1 Å². The van der Waals surface area contributed by atoms with Crippen LogP contribution in [0.5, 0.6) is 0 Å². The van der Waals surface area contributed by atoms with E-state index in [2.05, 4.69) is 5.32 Å². The minimum Gasteiger partial charge on any atom is -0.390 e. The van der Waals surface area contributed by atoms with Crippen molar-refractivity contribution >= 4 is 45.4 Å². The van der Waals surface area contributed by atoms with Gasteiger partial charge in [0.25, 0.3) is 10.1 Å². The van der Waals surface area contributed by atoms with Crippen molar-refractivity contribution in [3.05, 3.63) is 29.8 Å². The van der Waals surface area contributed by atoms with Gasteiger partial charge >= 0.3 is 0 Å². The van der Waals surface area contributed by atoms with Gasteiger partial charge in [-0.2, -0.15) is 8.42 Å². The number of rotatable bonds is 5. The van der Waals surface area contributed by atoms with E-state index in [1.807, 2.05) is 31.2 Å². The maximum Gasteiger partial charge on any atom is 0.267 e. The number of aryl methyl sites for hydroxylation is 1. The average molecular weight is 268 g/mol. The van der Waals surface area contributed by atoms with E-state index in [0.717, 1.165) is 11.3 Å². The summed E-state index contributed by atoms with van der Waals surface area (Å²) in [7, 11) is -4.13. The molecule has 0 amide bonds. The number of anilines is 1. The number of aliphatic hydroxyl groups is 1. The average Bonchev–Trinajstić information content (AvgIpc) is 2.12. The van der Waals surface area contributed by atoms with E-state index in [4.69, 9.17) is 4.55 Å². The third-order valence-electron chi connectivity index (χ3n) is 1.96. The Bertz CT molecular complexity index is 449. The summed E-state index contributed by atoms with van der Waals surface area (Å²) in [4.78, 5) is 0. The van der Waals surface area contributed by atoms with E-state index >= 15 is 0 Å². The maximum absolute atomic E-state index is 10.5. The molecule has 91 valence electrons. The standard InChI is InChI=1S/C10H15NO4S.Na/c1-8-3-2-4-9(5-8)11-6-10(12)7-16(13,14)15;/h2-5,10-12H,6-7H2,1H3,(H,13,14,15);. The molecule has 17 heavy (non-hydrogen) atoms. The number of benzene rings is 1. The topological polar surface area (TPSA) is 86.6 Å². The van der Waals surface area contributed by atoms with E-state index < -0.39 is 22.0 Å². The summed E-state index contributed by atoms with van der Waals surface area (Å²) < 4.78 is 29.5. The van der Waals surface area contributed by atoms with E-state index in [9.17, 15) is 13.5 Å². The van der Waals surface area contributed by atoms with Crippen LogP contribution in [0.15, 0.2) is 24.3 Å². The van der Waals surface area contributed by atoms with Gasteiger partial charge in [0.15, 0.2) is 0 Å². The number of nitrogens with one attached hydrogen (secondary N) is 1. The molecule has 0 aliphatic rings. The molecule has 1 atom stereocenters. The first-order chi connectivity index (χ1) is 7.37. The van der Waals surface area contributed by atoms with Crippen molar-refractivity contribution < 1.29 is 18.1 Å². The molecular formula is C10H15NNaO4S. The fourth-order valence-corrected chi connectivity index (χ4v) is 1.90. The summed E-state index contributed by atoms with van der Waals surface area (Å²) in [5.74, 6) is -0.661. The Kier molecular flexibility index (Phi) is 7.30. The molecule has 0 aromatic heterocycles. The zero-order chi connectivity index (χ0) is 12.2. The molecule has 0 saturated carbocycles. The molecule has 5 nitrogen and oxygen atoms in total. The predicted molar refractivity (Wildman–Crippen MR) is 67.8 cm³/mol. The Morgan fingerprint density at radius 3 is 2.59 bits per heavy atom. The SMILES string of the molecule is Cc1cccc(NCC(O)CS(=O)(=O)O)c1.[Na]. The van der Waals surface area contributed by atoms with Gasteiger partial charge in [0.05, 0.1) is 6.10 Å². The normalized spacial score (nSPS) is 12.6. The molecule has 3 N–H and O–H groups in total. The van der Waals surface area contributed by atoms with Crippen LogP contribution in [0.2, 0.25) is 0 Å². The molecule has 0 spiro atoms. The van der Waals surface area contributed by atoms with Crippen molar-refractivity contribution in [2.45, 2.75) is 13.0 Å². The Morgan fingerprint density at radius 2 is 2.06 bits per heavy atom. The maximum atomic E-state index is 10.5. The summed E-state index contributed by atoms with van der Waals surface area (Å²) >= 11 is 0. The number of hydrogen-bond acceptors (Lipinski definition) is 4. The van der Waals surface area contributed by atoms with Gasteiger partial charge in [-0.05, 0) is 24.6 Å². The zero-order valence-corrected chi connectivity index (χ0v) is 12.7. The van der Waals surface area contributed by atoms with Crippen molar-refractivity contribution in [3.63, 3.8) is 0 Å². The molecule has 0 fully saturated rings. The van der Waals surface area contributed by atoms with Crippen molar-refractivity contribution in [1.29, 1.82) is 0 Å². The molecule has 0 aliphatic carbocycles. The molecule has 1 aromatic rings. The van der Waals surface area contributed by atoms with Gasteiger partial charge in [-0.1, -0.05) is 12.1 Å². The molecule has 1 rings (SSSR count). The van der Waals surface area contributed by atoms with E-state index in [1.54, 1.807) is 0 Å². The van der Waals surface area contributed by atoms with Crippen molar-refractivity contribution in [3.8, 4) is 0 Å². The Hall–Kier alpha value is -0.110. The Balaban J connectivity index is 0.00000256. The van der Waals surface area contributed by atoms with Crippen molar-refractivity contribution in [2.75, 3.05) is 17.6 Å². The van der Waals surface area contributed by atoms with Gasteiger partial charge in [0, 0.05) is 41.8 Å². The van der Waals surface area contributed by atoms with Gasteiger partial charge < -0.3 is 10.4 Å². The fraction of sp³-hybridized carbons (Fsp3) is 0.400. The molecule has 0 heterocycles. The predicted octanol–water partition coefficient (Wildman–Crippen LogP) is 0.275. The Labute approximate surface area is 123 Å². The summed E-state index contributed by atoms with van der Waals surface area (Å²) in [6.07, 6.45) is -1.13. The molecule has 7 heteroatoms. The van der Waals surface area contributed by atoms with Gasteiger partial charge in [-0.15, -0.1) is 0 Å². The quantitative estimate of drug-likeness (QED) is 0.527. The van der Waals surface area contributed by atoms with E-state index in [1.165, 1.54) is 0 Å². The molecule has 0 saturated heterocycles. The van der Waals surface area contributed by atoms with Gasteiger partial charge in [-0.25, -0.2) is 0 Å². The molecule has 0 bridgehead atoms. The number of aliphatic hydroxyl groups excluding tert-OH is 1. The second-order valence-electron chi connectivity index (χ2n) is 3.65. The molecule has 1 aromatic carbocycles. The van der Waals surface area contributed by atoms with Crippen molar-refractivity contribution in [1.82, 2.24) is 0 Å². The molecule has 1 unspecified atom stereocenters. The first-order valence-corrected chi connectivity index (χ1v) is 6.41.